The first-order valence-electron chi connectivity index (χ1n) is 15.7. The number of carbonyl (C=O) groups excluding carboxylic acids is 3. The van der Waals surface area contributed by atoms with E-state index in [0.29, 0.717) is 23.0 Å². The number of hydrogen-bond donors (Lipinski definition) is 3. The molecule has 11 heteroatoms. The van der Waals surface area contributed by atoms with Crippen LogP contribution in [-0.4, -0.2) is 29.3 Å². The van der Waals surface area contributed by atoms with E-state index in [1.165, 1.54) is 34.4 Å². The summed E-state index contributed by atoms with van der Waals surface area (Å²) < 4.78 is 5.54. The molecule has 0 bridgehead atoms. The van der Waals surface area contributed by atoms with E-state index < -0.39 is 17.1 Å². The minimum atomic E-state index is -0.612. The van der Waals surface area contributed by atoms with Gasteiger partial charge in [-0.25, -0.2) is 4.98 Å². The van der Waals surface area contributed by atoms with Gasteiger partial charge in [-0.05, 0) is 95.6 Å². The molecule has 0 aliphatic rings. The highest BCUT2D eigenvalue weighted by atomic mass is 32.2. The Morgan fingerprint density at radius 3 is 2.34 bits per heavy atom. The monoisotopic (exact) mass is 716 g/mol. The van der Waals surface area contributed by atoms with E-state index in [9.17, 15) is 14.4 Å². The number of hydrogen-bond acceptors (Lipinski definition) is 8. The lowest BCUT2D eigenvalue weighted by Crippen LogP contribution is -2.30. The van der Waals surface area contributed by atoms with E-state index in [1.807, 2.05) is 102 Å². The van der Waals surface area contributed by atoms with Gasteiger partial charge in [0, 0.05) is 27.1 Å². The van der Waals surface area contributed by atoms with E-state index in [1.54, 1.807) is 42.5 Å². The fourth-order valence-electron chi connectivity index (χ4n) is 4.87. The minimum Gasteiger partial charge on any atom is -0.494 e. The maximum atomic E-state index is 13.8. The van der Waals surface area contributed by atoms with Gasteiger partial charge in [0.05, 0.1) is 12.3 Å². The summed E-state index contributed by atoms with van der Waals surface area (Å²) in [4.78, 5) is 45.8. The van der Waals surface area contributed by atoms with Crippen molar-refractivity contribution >= 4 is 69.1 Å². The molecule has 0 saturated heterocycles. The third kappa shape index (κ3) is 9.14. The van der Waals surface area contributed by atoms with Gasteiger partial charge in [0.15, 0.2) is 5.13 Å². The van der Waals surface area contributed by atoms with Gasteiger partial charge in [-0.2, -0.15) is 11.3 Å². The maximum Gasteiger partial charge on any atom is 0.272 e. The number of nitrogens with one attached hydrogen (secondary N) is 3. The van der Waals surface area contributed by atoms with Gasteiger partial charge in [-0.1, -0.05) is 54.6 Å². The fraction of sp³-hybridized carbons (Fsp3) is 0.0769. The molecule has 0 spiro atoms. The molecular weight excluding hydrogens is 685 g/mol. The summed E-state index contributed by atoms with van der Waals surface area (Å²) in [7, 11) is 0. The van der Waals surface area contributed by atoms with Crippen LogP contribution in [0.3, 0.4) is 0 Å². The van der Waals surface area contributed by atoms with E-state index >= 15 is 0 Å². The number of carbonyl (C=O) groups is 3. The van der Waals surface area contributed by atoms with Crippen LogP contribution in [0.2, 0.25) is 0 Å². The Balaban J connectivity index is 1.18. The molecule has 6 aromatic rings. The van der Waals surface area contributed by atoms with Crippen LogP contribution in [0, 0.1) is 0 Å². The lowest BCUT2D eigenvalue weighted by molar-refractivity contribution is -0.116. The van der Waals surface area contributed by atoms with Crippen molar-refractivity contribution in [1.29, 1.82) is 0 Å². The predicted octanol–water partition coefficient (Wildman–Crippen LogP) is 9.15. The van der Waals surface area contributed by atoms with Gasteiger partial charge in [0.25, 0.3) is 11.8 Å². The molecule has 6 rings (SSSR count). The maximum absolute atomic E-state index is 13.8. The Labute approximate surface area is 302 Å². The van der Waals surface area contributed by atoms with Gasteiger partial charge >= 0.3 is 0 Å². The molecule has 50 heavy (non-hydrogen) atoms. The van der Waals surface area contributed by atoms with Gasteiger partial charge in [0.2, 0.25) is 5.91 Å². The van der Waals surface area contributed by atoms with Crippen LogP contribution in [0.15, 0.2) is 142 Å². The molecule has 0 saturated carbocycles. The van der Waals surface area contributed by atoms with E-state index in [-0.39, 0.29) is 11.6 Å². The van der Waals surface area contributed by atoms with Gasteiger partial charge in [0.1, 0.15) is 16.7 Å². The van der Waals surface area contributed by atoms with Gasteiger partial charge in [-0.15, -0.1) is 23.1 Å². The summed E-state index contributed by atoms with van der Waals surface area (Å²) in [5, 5.41) is 14.3. The summed E-state index contributed by atoms with van der Waals surface area (Å²) >= 11 is 4.20. The first-order valence-corrected chi connectivity index (χ1v) is 18.4. The summed E-state index contributed by atoms with van der Waals surface area (Å²) in [6, 6.07) is 35.0. The zero-order valence-electron chi connectivity index (χ0n) is 26.9. The number of ether oxygens (including phenoxy) is 1. The lowest BCUT2D eigenvalue weighted by atomic mass is 10.1. The standard InChI is InChI=1S/C39H32N4O4S3/c1-2-47-31-18-16-27(17-19-31)34-25-49-39(42-34)43-38(46)35(28-10-5-3-6-11-28)50-32-15-9-14-30(23-32)40-37(45)33(22-26-20-21-48-24-26)41-36(44)29-12-7-4-8-13-29/h3-25,35H,2H2,1H3,(H,40,45)(H,41,44)(H,42,43,46)/b33-22-. The van der Waals surface area contributed by atoms with Crippen LogP contribution in [-0.2, 0) is 9.59 Å². The normalized spacial score (nSPS) is 11.7. The summed E-state index contributed by atoms with van der Waals surface area (Å²) in [6.45, 7) is 2.53. The lowest BCUT2D eigenvalue weighted by Gasteiger charge is -2.17. The average molecular weight is 717 g/mol. The Hall–Kier alpha value is -5.49. The second-order valence-electron chi connectivity index (χ2n) is 10.8. The zero-order chi connectivity index (χ0) is 34.7. The zero-order valence-corrected chi connectivity index (χ0v) is 29.3. The van der Waals surface area contributed by atoms with Crippen LogP contribution in [0.1, 0.15) is 33.7 Å². The number of anilines is 2. The Morgan fingerprint density at radius 1 is 0.860 bits per heavy atom. The molecule has 3 amide bonds. The molecule has 3 N–H and O–H groups in total. The van der Waals surface area contributed by atoms with Crippen molar-refractivity contribution in [2.45, 2.75) is 17.1 Å². The molecule has 0 radical (unpaired) electrons. The number of rotatable bonds is 13. The summed E-state index contributed by atoms with van der Waals surface area (Å²) in [6.07, 6.45) is 1.64. The predicted molar refractivity (Wildman–Crippen MR) is 204 cm³/mol. The molecular formula is C39H32N4O4S3. The number of aromatic nitrogens is 1. The highest BCUT2D eigenvalue weighted by Gasteiger charge is 2.24. The Morgan fingerprint density at radius 2 is 1.62 bits per heavy atom. The molecule has 8 nitrogen and oxygen atoms in total. The number of amides is 3. The van der Waals surface area contributed by atoms with Crippen LogP contribution in [0.25, 0.3) is 17.3 Å². The topological polar surface area (TPSA) is 109 Å². The van der Waals surface area contributed by atoms with Crippen molar-refractivity contribution in [3.63, 3.8) is 0 Å². The van der Waals surface area contributed by atoms with Crippen molar-refractivity contribution in [3.05, 3.63) is 154 Å². The molecule has 0 aliphatic carbocycles. The quantitative estimate of drug-likeness (QED) is 0.0813. The van der Waals surface area contributed by atoms with Crippen molar-refractivity contribution in [3.8, 4) is 17.0 Å². The first-order chi connectivity index (χ1) is 24.4. The highest BCUT2D eigenvalue weighted by molar-refractivity contribution is 8.00. The smallest absolute Gasteiger partial charge is 0.272 e. The third-order valence-electron chi connectivity index (χ3n) is 7.26. The van der Waals surface area contributed by atoms with Crippen LogP contribution >= 0.6 is 34.4 Å². The largest absolute Gasteiger partial charge is 0.494 e. The number of nitrogens with zero attached hydrogens (tertiary/aromatic N) is 1. The van der Waals surface area contributed by atoms with Gasteiger partial charge in [-0.3, -0.25) is 14.4 Å². The SMILES string of the molecule is CCOc1ccc(-c2csc(NC(=O)C(Sc3cccc(NC(=O)/C(=C/c4ccsc4)NC(=O)c4ccccc4)c3)c3ccccc3)n2)cc1. The van der Waals surface area contributed by atoms with E-state index in [2.05, 4.69) is 20.9 Å². The molecule has 4 aromatic carbocycles. The molecule has 0 aliphatic heterocycles. The van der Waals surface area contributed by atoms with Crippen LogP contribution in [0.4, 0.5) is 10.8 Å². The molecule has 0 fully saturated rings. The highest BCUT2D eigenvalue weighted by Crippen LogP contribution is 2.38. The van der Waals surface area contributed by atoms with Crippen molar-refractivity contribution in [2.24, 2.45) is 0 Å². The minimum absolute atomic E-state index is 0.102. The molecule has 2 heterocycles. The Kier molecular flexibility index (Phi) is 11.5. The molecule has 1 atom stereocenters. The van der Waals surface area contributed by atoms with E-state index in [0.717, 1.165) is 33.0 Å². The van der Waals surface area contributed by atoms with Crippen molar-refractivity contribution in [2.75, 3.05) is 17.2 Å². The second-order valence-corrected chi connectivity index (χ2v) is 13.6. The molecule has 1 unspecified atom stereocenters. The fourth-order valence-corrected chi connectivity index (χ4v) is 7.30. The van der Waals surface area contributed by atoms with E-state index in [4.69, 9.17) is 4.74 Å². The van der Waals surface area contributed by atoms with Crippen LogP contribution < -0.4 is 20.7 Å². The van der Waals surface area contributed by atoms with Gasteiger partial charge < -0.3 is 20.7 Å². The van der Waals surface area contributed by atoms with Crippen molar-refractivity contribution < 1.29 is 19.1 Å². The summed E-state index contributed by atoms with van der Waals surface area (Å²) in [5.41, 5.74) is 4.34. The number of thiazole rings is 1. The average Bonchev–Trinajstić information content (AvgIpc) is 3.84. The first kappa shape index (κ1) is 34.4. The molecule has 250 valence electrons. The van der Waals surface area contributed by atoms with Crippen molar-refractivity contribution in [1.82, 2.24) is 10.3 Å². The second kappa shape index (κ2) is 16.8. The Bertz CT molecular complexity index is 2080. The van der Waals surface area contributed by atoms with Crippen LogP contribution in [0.5, 0.6) is 5.75 Å². The third-order valence-corrected chi connectivity index (χ3v) is 9.97. The number of thioether (sulfide) groups is 1. The number of thiophene rings is 1. The molecule has 2 aromatic heterocycles. The number of benzene rings is 4. The summed E-state index contributed by atoms with van der Waals surface area (Å²) in [5.74, 6) is -0.313.